The van der Waals surface area contributed by atoms with E-state index in [4.69, 9.17) is 17.2 Å². The van der Waals surface area contributed by atoms with Crippen LogP contribution < -0.4 is 65.1 Å². The van der Waals surface area contributed by atoms with Gasteiger partial charge in [0.05, 0.1) is 25.5 Å². The first-order chi connectivity index (χ1) is 34.5. The fourth-order valence-electron chi connectivity index (χ4n) is 7.07. The quantitative estimate of drug-likeness (QED) is 0.0315. The first kappa shape index (κ1) is 64.3. The molecule has 1 aromatic rings. The number of hydrogen-bond donors (Lipinski definition) is 14. The number of nitrogens with one attached hydrogen (secondary N) is 9. The van der Waals surface area contributed by atoms with Gasteiger partial charge in [0.2, 0.25) is 70.9 Å². The Balaban J connectivity index is 3.54. The van der Waals surface area contributed by atoms with Crippen LogP contribution in [0.3, 0.4) is 0 Å². The number of carboxylic acids is 1. The molecule has 0 aliphatic carbocycles. The highest BCUT2D eigenvalue weighted by molar-refractivity contribution is 6.00. The number of primary amides is 3. The monoisotopic (exact) mass is 1050 g/mol. The van der Waals surface area contributed by atoms with Crippen LogP contribution in [-0.2, 0) is 68.7 Å². The van der Waals surface area contributed by atoms with Gasteiger partial charge in [0.15, 0.2) is 0 Å². The Labute approximate surface area is 428 Å². The number of amides is 12. The smallest absolute Gasteiger partial charge is 0.305 e. The normalized spacial score (nSPS) is 15.4. The van der Waals surface area contributed by atoms with Gasteiger partial charge in [-0.1, -0.05) is 84.7 Å². The zero-order valence-corrected chi connectivity index (χ0v) is 42.9. The van der Waals surface area contributed by atoms with Gasteiger partial charge in [0.25, 0.3) is 0 Å². The number of aliphatic carboxylic acids is 1. The maximum absolute atomic E-state index is 14.1. The van der Waals surface area contributed by atoms with Crippen molar-refractivity contribution in [3.05, 3.63) is 35.9 Å². The molecule has 0 radical (unpaired) electrons. The molecule has 0 aliphatic rings. The number of benzene rings is 1. The van der Waals surface area contributed by atoms with E-state index in [1.54, 1.807) is 51.1 Å². The van der Waals surface area contributed by atoms with Crippen molar-refractivity contribution in [2.24, 2.45) is 35.0 Å². The van der Waals surface area contributed by atoms with Crippen LogP contribution in [0.15, 0.2) is 30.3 Å². The number of aliphatic hydroxyl groups is 1. The number of rotatable bonds is 33. The minimum atomic E-state index is -1.99. The van der Waals surface area contributed by atoms with Gasteiger partial charge in [-0.15, -0.1) is 0 Å². The van der Waals surface area contributed by atoms with E-state index in [2.05, 4.69) is 47.9 Å². The van der Waals surface area contributed by atoms with Gasteiger partial charge in [0.1, 0.15) is 48.3 Å². The molecular weight excluding hydrogens is 973 g/mol. The fraction of sp³-hybridized carbons (Fsp3) is 0.596. The summed E-state index contributed by atoms with van der Waals surface area (Å²) >= 11 is 0. The molecule has 0 unspecified atom stereocenters. The molecule has 0 aromatic heterocycles. The Morgan fingerprint density at radius 1 is 0.500 bits per heavy atom. The van der Waals surface area contributed by atoms with E-state index in [9.17, 15) is 72.5 Å². The highest BCUT2D eigenvalue weighted by Gasteiger charge is 2.38. The van der Waals surface area contributed by atoms with Crippen molar-refractivity contribution >= 4 is 76.9 Å². The van der Waals surface area contributed by atoms with E-state index in [1.165, 1.54) is 27.7 Å². The van der Waals surface area contributed by atoms with Crippen LogP contribution >= 0.6 is 0 Å². The van der Waals surface area contributed by atoms with Crippen LogP contribution in [0.4, 0.5) is 0 Å². The largest absolute Gasteiger partial charge is 0.481 e. The summed E-state index contributed by atoms with van der Waals surface area (Å²) in [5.74, 6) is -15.3. The number of hydrogen-bond acceptors (Lipinski definition) is 14. The van der Waals surface area contributed by atoms with Crippen LogP contribution in [0.5, 0.6) is 0 Å². The lowest BCUT2D eigenvalue weighted by Crippen LogP contribution is -2.62. The van der Waals surface area contributed by atoms with E-state index < -0.39 is 175 Å². The van der Waals surface area contributed by atoms with Crippen molar-refractivity contribution in [2.45, 2.75) is 155 Å². The first-order valence-corrected chi connectivity index (χ1v) is 24.0. The van der Waals surface area contributed by atoms with Crippen molar-refractivity contribution in [2.75, 3.05) is 6.54 Å². The minimum absolute atomic E-state index is 0.0923. The standard InChI is InChI=1S/C47H74N12O15/c1-9-23(5)37(52-26(8)61)46(73)55-29(18-27-14-12-11-13-15-27)41(68)53-28(16-17-32(48)62)40(67)58-38(24(6)10-2)47(74)56-30(19-33(49)63)42(69)54-31(20-35(65)66)43(70)57-36(22(3)4)45(72)59-39(25(7)60)44(71)51-21-34(50)64/h11-15,22-25,28-31,36-39,60H,9-10,16-21H2,1-8H3,(H2,48,62)(H2,49,63)(H2,50,64)(H,51,71)(H,52,61)(H,53,68)(H,54,69)(H,55,73)(H,56,74)(H,57,70)(H,58,67)(H,59,72)(H,65,66)/t23-,24-,25+,28-,29-,30-,31-,36-,37-,38-,39-/m0/s1. The molecule has 0 aliphatic heterocycles. The summed E-state index contributed by atoms with van der Waals surface area (Å²) in [6, 6.07) is -4.14. The highest BCUT2D eigenvalue weighted by atomic mass is 16.4. The predicted molar refractivity (Wildman–Crippen MR) is 263 cm³/mol. The molecule has 27 nitrogen and oxygen atoms in total. The molecule has 11 atom stereocenters. The second-order valence-corrected chi connectivity index (χ2v) is 18.3. The van der Waals surface area contributed by atoms with E-state index in [0.717, 1.165) is 6.92 Å². The highest BCUT2D eigenvalue weighted by Crippen LogP contribution is 2.14. The van der Waals surface area contributed by atoms with Crippen LogP contribution in [-0.4, -0.2) is 148 Å². The molecule has 12 amide bonds. The molecule has 0 saturated carbocycles. The Hall–Kier alpha value is -7.71. The molecule has 1 rings (SSSR count). The minimum Gasteiger partial charge on any atom is -0.481 e. The predicted octanol–water partition coefficient (Wildman–Crippen LogP) is -4.53. The molecule has 27 heteroatoms. The molecule has 74 heavy (non-hydrogen) atoms. The SMILES string of the molecule is CC[C@H](C)[C@H](NC(C)=O)C(=O)N[C@@H](Cc1ccccc1)C(=O)N[C@@H](CCC(N)=O)C(=O)N[C@H](C(=O)N[C@@H](CC(N)=O)C(=O)N[C@@H](CC(=O)O)C(=O)N[C@H](C(=O)N[C@H](C(=O)NCC(N)=O)[C@@H](C)O)C(C)C)[C@@H](C)CC. The van der Waals surface area contributed by atoms with Crippen molar-refractivity contribution in [3.8, 4) is 0 Å². The molecular formula is C47H74N12O15. The Morgan fingerprint density at radius 2 is 0.932 bits per heavy atom. The average Bonchev–Trinajstić information content (AvgIpc) is 3.31. The molecule has 0 saturated heterocycles. The third-order valence-corrected chi connectivity index (χ3v) is 11.7. The van der Waals surface area contributed by atoms with Gasteiger partial charge in [-0.05, 0) is 36.7 Å². The second-order valence-electron chi connectivity index (χ2n) is 18.3. The third-order valence-electron chi connectivity index (χ3n) is 11.7. The lowest BCUT2D eigenvalue weighted by molar-refractivity contribution is -0.142. The Morgan fingerprint density at radius 3 is 1.41 bits per heavy atom. The summed E-state index contributed by atoms with van der Waals surface area (Å²) in [5.41, 5.74) is 16.5. The molecule has 412 valence electrons. The molecule has 17 N–H and O–H groups in total. The second kappa shape index (κ2) is 31.7. The van der Waals surface area contributed by atoms with Crippen LogP contribution in [0.2, 0.25) is 0 Å². The molecule has 0 heterocycles. The lowest BCUT2D eigenvalue weighted by atomic mass is 9.96. The number of carbonyl (C=O) groups excluding carboxylic acids is 12. The summed E-state index contributed by atoms with van der Waals surface area (Å²) in [6.45, 7) is 11.4. The van der Waals surface area contributed by atoms with Crippen LogP contribution in [0, 0.1) is 17.8 Å². The molecule has 0 bridgehead atoms. The lowest BCUT2D eigenvalue weighted by Gasteiger charge is -2.30. The average molecular weight is 1050 g/mol. The van der Waals surface area contributed by atoms with E-state index in [1.807, 2.05) is 0 Å². The molecule has 1 aromatic carbocycles. The third kappa shape index (κ3) is 22.8. The van der Waals surface area contributed by atoms with Gasteiger partial charge in [0, 0.05) is 19.8 Å². The summed E-state index contributed by atoms with van der Waals surface area (Å²) in [7, 11) is 0. The van der Waals surface area contributed by atoms with E-state index >= 15 is 0 Å². The van der Waals surface area contributed by atoms with Gasteiger partial charge >= 0.3 is 5.97 Å². The summed E-state index contributed by atoms with van der Waals surface area (Å²) < 4.78 is 0. The van der Waals surface area contributed by atoms with Gasteiger partial charge in [-0.25, -0.2) is 0 Å². The Kier molecular flexibility index (Phi) is 27.5. The number of nitrogens with two attached hydrogens (primary N) is 3. The first-order valence-electron chi connectivity index (χ1n) is 24.0. The van der Waals surface area contributed by atoms with Crippen LogP contribution in [0.1, 0.15) is 99.5 Å². The fourth-order valence-corrected chi connectivity index (χ4v) is 7.07. The topological polar surface area (TPSA) is 449 Å². The number of aliphatic hydroxyl groups excluding tert-OH is 1. The van der Waals surface area contributed by atoms with Gasteiger partial charge in [-0.3, -0.25) is 62.3 Å². The van der Waals surface area contributed by atoms with Crippen molar-refractivity contribution in [1.82, 2.24) is 47.9 Å². The van der Waals surface area contributed by atoms with Crippen molar-refractivity contribution in [1.29, 1.82) is 0 Å². The van der Waals surface area contributed by atoms with E-state index in [0.29, 0.717) is 12.0 Å². The van der Waals surface area contributed by atoms with E-state index in [-0.39, 0.29) is 18.8 Å². The van der Waals surface area contributed by atoms with Crippen molar-refractivity contribution in [3.63, 3.8) is 0 Å². The zero-order chi connectivity index (χ0) is 56.6. The summed E-state index contributed by atoms with van der Waals surface area (Å²) in [5, 5.41) is 41.3. The summed E-state index contributed by atoms with van der Waals surface area (Å²) in [6.07, 6.45) is -3.83. The summed E-state index contributed by atoms with van der Waals surface area (Å²) in [4.78, 5) is 169. The van der Waals surface area contributed by atoms with Gasteiger partial charge in [-0.2, -0.15) is 0 Å². The number of carbonyl (C=O) groups is 13. The zero-order valence-electron chi connectivity index (χ0n) is 42.9. The van der Waals surface area contributed by atoms with Gasteiger partial charge < -0.3 is 75.3 Å². The number of carboxylic acid groups (broad SMARTS) is 1. The maximum atomic E-state index is 14.1. The maximum Gasteiger partial charge on any atom is 0.305 e. The van der Waals surface area contributed by atoms with Crippen molar-refractivity contribution < 1.29 is 72.5 Å². The molecule has 0 spiro atoms. The Bertz CT molecular complexity index is 2180. The molecule has 0 fully saturated rings. The van der Waals surface area contributed by atoms with Crippen LogP contribution in [0.25, 0.3) is 0 Å².